The molecule has 1 aromatic heterocycles. The molecule has 0 bridgehead atoms. The van der Waals surface area contributed by atoms with Crippen molar-refractivity contribution >= 4 is 29.7 Å². The van der Waals surface area contributed by atoms with E-state index < -0.39 is 0 Å². The van der Waals surface area contributed by atoms with Crippen LogP contribution in [0.4, 0.5) is 0 Å². The molecule has 0 unspecified atom stereocenters. The third-order valence-corrected chi connectivity index (χ3v) is 3.38. The van der Waals surface area contributed by atoms with Crippen LogP contribution in [0.25, 0.3) is 0 Å². The van der Waals surface area contributed by atoms with Gasteiger partial charge in [-0.05, 0) is 20.3 Å². The van der Waals surface area contributed by atoms with Gasteiger partial charge in [0.2, 0.25) is 0 Å². The van der Waals surface area contributed by atoms with Gasteiger partial charge in [-0.25, -0.2) is 4.98 Å². The van der Waals surface area contributed by atoms with Gasteiger partial charge in [-0.15, -0.1) is 23.7 Å². The van der Waals surface area contributed by atoms with Gasteiger partial charge in [-0.2, -0.15) is 0 Å². The van der Waals surface area contributed by atoms with Gasteiger partial charge in [0.25, 0.3) is 5.91 Å². The minimum atomic E-state index is -0.0670. The molecule has 1 rings (SSSR count). The maximum absolute atomic E-state index is 11.8. The number of rotatable bonds is 4. The molecule has 0 spiro atoms. The van der Waals surface area contributed by atoms with E-state index in [0.717, 1.165) is 17.1 Å². The quantitative estimate of drug-likeness (QED) is 0.865. The Balaban J connectivity index is 0.00000225. The molecule has 0 aliphatic heterocycles. The summed E-state index contributed by atoms with van der Waals surface area (Å²) in [7, 11) is 0. The first kappa shape index (κ1) is 15.3. The standard InChI is InChI=1S/C10H17N3OS.ClH/c1-4-8-13-7(3)9(15-8)10(14)12-6(2)5-11;/h6H,4-5,11H2,1-3H3,(H,12,14);1H/t6-;/m1./s1. The molecule has 1 heterocycles. The maximum Gasteiger partial charge on any atom is 0.263 e. The normalized spacial score (nSPS) is 11.8. The Morgan fingerprint density at radius 1 is 1.62 bits per heavy atom. The summed E-state index contributed by atoms with van der Waals surface area (Å²) in [5, 5.41) is 3.83. The van der Waals surface area contributed by atoms with Crippen molar-refractivity contribution in [3.8, 4) is 0 Å². The number of halogens is 1. The van der Waals surface area contributed by atoms with Crippen molar-refractivity contribution in [1.82, 2.24) is 10.3 Å². The van der Waals surface area contributed by atoms with Crippen LogP contribution in [0.15, 0.2) is 0 Å². The Morgan fingerprint density at radius 2 is 2.25 bits per heavy atom. The molecule has 4 nitrogen and oxygen atoms in total. The van der Waals surface area contributed by atoms with E-state index in [2.05, 4.69) is 10.3 Å². The summed E-state index contributed by atoms with van der Waals surface area (Å²) in [6.07, 6.45) is 0.866. The van der Waals surface area contributed by atoms with E-state index in [0.29, 0.717) is 11.4 Å². The molecule has 0 radical (unpaired) electrons. The number of aromatic nitrogens is 1. The molecule has 1 atom stereocenters. The Bertz CT molecular complexity index is 354. The Hall–Kier alpha value is -0.650. The predicted octanol–water partition coefficient (Wildman–Crippen LogP) is 1.51. The molecule has 0 saturated heterocycles. The molecule has 0 aliphatic carbocycles. The van der Waals surface area contributed by atoms with Gasteiger partial charge < -0.3 is 11.1 Å². The zero-order valence-electron chi connectivity index (χ0n) is 9.74. The van der Waals surface area contributed by atoms with Crippen molar-refractivity contribution < 1.29 is 4.79 Å². The highest BCUT2D eigenvalue weighted by molar-refractivity contribution is 7.13. The van der Waals surface area contributed by atoms with Crippen molar-refractivity contribution in [3.63, 3.8) is 0 Å². The third kappa shape index (κ3) is 3.73. The lowest BCUT2D eigenvalue weighted by molar-refractivity contribution is 0.0944. The predicted molar refractivity (Wildman–Crippen MR) is 69.5 cm³/mol. The van der Waals surface area contributed by atoms with Crippen molar-refractivity contribution in [2.24, 2.45) is 5.73 Å². The van der Waals surface area contributed by atoms with E-state index in [1.54, 1.807) is 0 Å². The minimum absolute atomic E-state index is 0. The summed E-state index contributed by atoms with van der Waals surface area (Å²) in [5.41, 5.74) is 6.25. The number of hydrogen-bond donors (Lipinski definition) is 2. The van der Waals surface area contributed by atoms with Crippen molar-refractivity contribution in [2.75, 3.05) is 6.54 Å². The summed E-state index contributed by atoms with van der Waals surface area (Å²) in [6.45, 7) is 6.22. The number of nitrogens with two attached hydrogens (primary N) is 1. The number of aryl methyl sites for hydroxylation is 2. The van der Waals surface area contributed by atoms with Gasteiger partial charge in [0.15, 0.2) is 0 Å². The largest absolute Gasteiger partial charge is 0.348 e. The number of carbonyl (C=O) groups excluding carboxylic acids is 1. The summed E-state index contributed by atoms with van der Waals surface area (Å²) in [6, 6.07) is 0.00377. The van der Waals surface area contributed by atoms with E-state index in [1.165, 1.54) is 11.3 Å². The van der Waals surface area contributed by atoms with Gasteiger partial charge >= 0.3 is 0 Å². The number of nitrogens with zero attached hydrogens (tertiary/aromatic N) is 1. The van der Waals surface area contributed by atoms with Crippen LogP contribution >= 0.6 is 23.7 Å². The van der Waals surface area contributed by atoms with Crippen LogP contribution < -0.4 is 11.1 Å². The number of thiazole rings is 1. The molecular formula is C10H18ClN3OS. The zero-order chi connectivity index (χ0) is 11.4. The van der Waals surface area contributed by atoms with E-state index in [-0.39, 0.29) is 24.4 Å². The van der Waals surface area contributed by atoms with Crippen molar-refractivity contribution in [2.45, 2.75) is 33.2 Å². The summed E-state index contributed by atoms with van der Waals surface area (Å²) < 4.78 is 0. The van der Waals surface area contributed by atoms with Crippen LogP contribution in [0.2, 0.25) is 0 Å². The molecule has 3 N–H and O–H groups in total. The van der Waals surface area contributed by atoms with E-state index >= 15 is 0 Å². The maximum atomic E-state index is 11.8. The topological polar surface area (TPSA) is 68.0 Å². The molecule has 1 amide bonds. The van der Waals surface area contributed by atoms with Crippen LogP contribution in [0.5, 0.6) is 0 Å². The average Bonchev–Trinajstić information content (AvgIpc) is 2.59. The van der Waals surface area contributed by atoms with Crippen LogP contribution in [-0.4, -0.2) is 23.5 Å². The van der Waals surface area contributed by atoms with Gasteiger partial charge in [-0.1, -0.05) is 6.92 Å². The monoisotopic (exact) mass is 263 g/mol. The lowest BCUT2D eigenvalue weighted by atomic mass is 10.3. The third-order valence-electron chi connectivity index (χ3n) is 2.08. The van der Waals surface area contributed by atoms with Crippen LogP contribution in [-0.2, 0) is 6.42 Å². The molecule has 92 valence electrons. The molecule has 0 aromatic carbocycles. The van der Waals surface area contributed by atoms with Crippen LogP contribution in [0.1, 0.15) is 34.2 Å². The lowest BCUT2D eigenvalue weighted by Crippen LogP contribution is -2.37. The van der Waals surface area contributed by atoms with Crippen LogP contribution in [0.3, 0.4) is 0 Å². The first-order chi connectivity index (χ1) is 7.08. The average molecular weight is 264 g/mol. The van der Waals surface area contributed by atoms with Gasteiger partial charge in [0, 0.05) is 12.6 Å². The zero-order valence-corrected chi connectivity index (χ0v) is 11.4. The first-order valence-corrected chi connectivity index (χ1v) is 5.87. The SMILES string of the molecule is CCc1nc(C)c(C(=O)N[C@H](C)CN)s1.Cl. The number of nitrogens with one attached hydrogen (secondary N) is 1. The lowest BCUT2D eigenvalue weighted by Gasteiger charge is -2.09. The van der Waals surface area contributed by atoms with E-state index in [4.69, 9.17) is 5.73 Å². The molecule has 0 fully saturated rings. The van der Waals surface area contributed by atoms with E-state index in [1.807, 2.05) is 20.8 Å². The fourth-order valence-electron chi connectivity index (χ4n) is 1.16. The molecule has 0 saturated carbocycles. The molecular weight excluding hydrogens is 246 g/mol. The fourth-order valence-corrected chi connectivity index (χ4v) is 2.07. The molecule has 0 aliphatic rings. The second kappa shape index (κ2) is 6.83. The van der Waals surface area contributed by atoms with Gasteiger partial charge in [0.05, 0.1) is 10.7 Å². The molecule has 16 heavy (non-hydrogen) atoms. The highest BCUT2D eigenvalue weighted by Gasteiger charge is 2.15. The van der Waals surface area contributed by atoms with Gasteiger partial charge in [-0.3, -0.25) is 4.79 Å². The van der Waals surface area contributed by atoms with Crippen molar-refractivity contribution in [3.05, 3.63) is 15.6 Å². The summed E-state index contributed by atoms with van der Waals surface area (Å²) in [5.74, 6) is -0.0670. The minimum Gasteiger partial charge on any atom is -0.348 e. The number of hydrogen-bond acceptors (Lipinski definition) is 4. The Kier molecular flexibility index (Phi) is 6.55. The Morgan fingerprint density at radius 3 is 2.69 bits per heavy atom. The highest BCUT2D eigenvalue weighted by Crippen LogP contribution is 2.18. The summed E-state index contributed by atoms with van der Waals surface area (Å²) in [4.78, 5) is 16.8. The van der Waals surface area contributed by atoms with Crippen molar-refractivity contribution in [1.29, 1.82) is 0 Å². The number of amides is 1. The molecule has 6 heteroatoms. The smallest absolute Gasteiger partial charge is 0.263 e. The summed E-state index contributed by atoms with van der Waals surface area (Å²) >= 11 is 1.46. The van der Waals surface area contributed by atoms with Gasteiger partial charge in [0.1, 0.15) is 4.88 Å². The molecule has 1 aromatic rings. The second-order valence-corrected chi connectivity index (χ2v) is 4.57. The Labute approximate surface area is 106 Å². The van der Waals surface area contributed by atoms with Crippen LogP contribution in [0, 0.1) is 6.92 Å². The first-order valence-electron chi connectivity index (χ1n) is 5.05. The van der Waals surface area contributed by atoms with E-state index in [9.17, 15) is 4.79 Å². The number of carbonyl (C=O) groups is 1. The highest BCUT2D eigenvalue weighted by atomic mass is 35.5. The fraction of sp³-hybridized carbons (Fsp3) is 0.600. The second-order valence-electron chi connectivity index (χ2n) is 3.49.